The van der Waals surface area contributed by atoms with Crippen LogP contribution in [0, 0.1) is 5.92 Å². The van der Waals surface area contributed by atoms with E-state index in [9.17, 15) is 0 Å². The van der Waals surface area contributed by atoms with Gasteiger partial charge < -0.3 is 5.32 Å². The fraction of sp³-hybridized carbons (Fsp3) is 0.625. The summed E-state index contributed by atoms with van der Waals surface area (Å²) in [5.41, 5.74) is 1.40. The summed E-state index contributed by atoms with van der Waals surface area (Å²) < 4.78 is 2.32. The van der Waals surface area contributed by atoms with E-state index in [2.05, 4.69) is 62.3 Å². The maximum Gasteiger partial charge on any atom is 0.0323 e. The van der Waals surface area contributed by atoms with Crippen LogP contribution < -0.4 is 5.32 Å². The third kappa shape index (κ3) is 4.87. The molecular weight excluding hydrogens is 366 g/mol. The van der Waals surface area contributed by atoms with Crippen molar-refractivity contribution in [3.63, 3.8) is 0 Å². The summed E-state index contributed by atoms with van der Waals surface area (Å²) in [5, 5.41) is 3.73. The number of benzene rings is 1. The Hall–Kier alpha value is 0.140. The van der Waals surface area contributed by atoms with Crippen LogP contribution in [-0.4, -0.2) is 6.54 Å². The largest absolute Gasteiger partial charge is 0.310 e. The molecule has 1 aromatic rings. The van der Waals surface area contributed by atoms with Gasteiger partial charge in [0.15, 0.2) is 0 Å². The SMILES string of the molecule is CCCNC(CC1CCCC1)c1cc(Br)cc(Br)c1. The standard InChI is InChI=1S/C16H23Br2N/c1-2-7-19-16(8-12-5-3-4-6-12)13-9-14(17)11-15(18)10-13/h9-12,16,19H,2-8H2,1H3. The fourth-order valence-electron chi connectivity index (χ4n) is 3.01. The van der Waals surface area contributed by atoms with Gasteiger partial charge in [-0.3, -0.25) is 0 Å². The highest BCUT2D eigenvalue weighted by Gasteiger charge is 2.21. The van der Waals surface area contributed by atoms with Crippen LogP contribution >= 0.6 is 31.9 Å². The second-order valence-electron chi connectivity index (χ2n) is 5.60. The molecule has 1 aliphatic rings. The van der Waals surface area contributed by atoms with Crippen LogP contribution in [0.15, 0.2) is 27.1 Å². The first-order valence-corrected chi connectivity index (χ1v) is 8.97. The number of rotatable bonds is 6. The second kappa shape index (κ2) is 7.80. The Morgan fingerprint density at radius 3 is 2.37 bits per heavy atom. The van der Waals surface area contributed by atoms with E-state index in [1.807, 2.05) is 0 Å². The minimum atomic E-state index is 0.497. The third-order valence-corrected chi connectivity index (χ3v) is 4.89. The van der Waals surface area contributed by atoms with E-state index in [0.717, 1.165) is 21.4 Å². The van der Waals surface area contributed by atoms with Crippen molar-refractivity contribution in [2.24, 2.45) is 5.92 Å². The lowest BCUT2D eigenvalue weighted by Crippen LogP contribution is -2.24. The molecule has 1 saturated carbocycles. The summed E-state index contributed by atoms with van der Waals surface area (Å²) in [6.07, 6.45) is 8.15. The van der Waals surface area contributed by atoms with Gasteiger partial charge in [0, 0.05) is 15.0 Å². The highest BCUT2D eigenvalue weighted by molar-refractivity contribution is 9.11. The maximum atomic E-state index is 3.73. The molecule has 0 aromatic heterocycles. The normalized spacial score (nSPS) is 17.8. The van der Waals surface area contributed by atoms with Crippen molar-refractivity contribution >= 4 is 31.9 Å². The first-order valence-electron chi connectivity index (χ1n) is 7.38. The van der Waals surface area contributed by atoms with Gasteiger partial charge in [0.1, 0.15) is 0 Å². The zero-order chi connectivity index (χ0) is 13.7. The van der Waals surface area contributed by atoms with E-state index in [1.165, 1.54) is 44.1 Å². The van der Waals surface area contributed by atoms with Crippen LogP contribution in [0.25, 0.3) is 0 Å². The first-order chi connectivity index (χ1) is 9.19. The van der Waals surface area contributed by atoms with Gasteiger partial charge in [0.25, 0.3) is 0 Å². The molecule has 19 heavy (non-hydrogen) atoms. The molecule has 0 amide bonds. The molecule has 3 heteroatoms. The van der Waals surface area contributed by atoms with Gasteiger partial charge in [-0.1, -0.05) is 64.5 Å². The number of hydrogen-bond acceptors (Lipinski definition) is 1. The Labute approximate surface area is 133 Å². The Balaban J connectivity index is 2.10. The molecule has 1 unspecified atom stereocenters. The average molecular weight is 389 g/mol. The van der Waals surface area contributed by atoms with Gasteiger partial charge in [-0.15, -0.1) is 0 Å². The molecule has 0 radical (unpaired) electrons. The molecule has 1 fully saturated rings. The van der Waals surface area contributed by atoms with Crippen LogP contribution in [0.1, 0.15) is 57.1 Å². The van der Waals surface area contributed by atoms with Crippen molar-refractivity contribution in [2.75, 3.05) is 6.54 Å². The van der Waals surface area contributed by atoms with Crippen LogP contribution in [0.3, 0.4) is 0 Å². The Morgan fingerprint density at radius 2 is 1.79 bits per heavy atom. The monoisotopic (exact) mass is 387 g/mol. The molecule has 0 bridgehead atoms. The Morgan fingerprint density at radius 1 is 1.16 bits per heavy atom. The lowest BCUT2D eigenvalue weighted by Gasteiger charge is -2.23. The van der Waals surface area contributed by atoms with Gasteiger partial charge in [-0.25, -0.2) is 0 Å². The number of nitrogens with one attached hydrogen (secondary N) is 1. The van der Waals surface area contributed by atoms with Gasteiger partial charge in [0.2, 0.25) is 0 Å². The molecule has 1 atom stereocenters. The van der Waals surface area contributed by atoms with Crippen molar-refractivity contribution in [2.45, 2.75) is 51.5 Å². The van der Waals surface area contributed by atoms with E-state index in [1.54, 1.807) is 0 Å². The minimum Gasteiger partial charge on any atom is -0.310 e. The molecule has 0 spiro atoms. The topological polar surface area (TPSA) is 12.0 Å². The smallest absolute Gasteiger partial charge is 0.0323 e. The molecule has 1 nitrogen and oxygen atoms in total. The summed E-state index contributed by atoms with van der Waals surface area (Å²) in [6.45, 7) is 3.33. The number of halogens is 2. The minimum absolute atomic E-state index is 0.497. The highest BCUT2D eigenvalue weighted by atomic mass is 79.9. The van der Waals surface area contributed by atoms with Crippen molar-refractivity contribution in [3.05, 3.63) is 32.7 Å². The lowest BCUT2D eigenvalue weighted by atomic mass is 9.93. The molecule has 1 aromatic carbocycles. The highest BCUT2D eigenvalue weighted by Crippen LogP contribution is 2.34. The molecule has 0 heterocycles. The molecule has 1 N–H and O–H groups in total. The Kier molecular flexibility index (Phi) is 6.37. The van der Waals surface area contributed by atoms with E-state index in [0.29, 0.717) is 6.04 Å². The predicted octanol–water partition coefficient (Wildman–Crippen LogP) is 5.83. The van der Waals surface area contributed by atoms with Gasteiger partial charge in [0.05, 0.1) is 0 Å². The van der Waals surface area contributed by atoms with E-state index >= 15 is 0 Å². The zero-order valence-corrected chi connectivity index (χ0v) is 14.8. The lowest BCUT2D eigenvalue weighted by molar-refractivity contribution is 0.395. The summed E-state index contributed by atoms with van der Waals surface area (Å²) in [7, 11) is 0. The van der Waals surface area contributed by atoms with Gasteiger partial charge in [-0.2, -0.15) is 0 Å². The van der Waals surface area contributed by atoms with Crippen molar-refractivity contribution in [3.8, 4) is 0 Å². The van der Waals surface area contributed by atoms with Crippen LogP contribution in [0.5, 0.6) is 0 Å². The average Bonchev–Trinajstić information content (AvgIpc) is 2.86. The van der Waals surface area contributed by atoms with Crippen molar-refractivity contribution in [1.82, 2.24) is 5.32 Å². The van der Waals surface area contributed by atoms with Crippen LogP contribution in [-0.2, 0) is 0 Å². The summed E-state index contributed by atoms with van der Waals surface area (Å²) in [6, 6.07) is 7.12. The molecule has 106 valence electrons. The second-order valence-corrected chi connectivity index (χ2v) is 7.43. The first kappa shape index (κ1) is 15.5. The third-order valence-electron chi connectivity index (χ3n) is 3.97. The molecule has 0 saturated heterocycles. The predicted molar refractivity (Wildman–Crippen MR) is 89.5 cm³/mol. The van der Waals surface area contributed by atoms with E-state index in [4.69, 9.17) is 0 Å². The molecule has 0 aliphatic heterocycles. The van der Waals surface area contributed by atoms with E-state index in [-0.39, 0.29) is 0 Å². The molecule has 1 aliphatic carbocycles. The van der Waals surface area contributed by atoms with E-state index < -0.39 is 0 Å². The Bertz CT molecular complexity index is 379. The molecule has 2 rings (SSSR count). The quantitative estimate of drug-likeness (QED) is 0.645. The number of hydrogen-bond donors (Lipinski definition) is 1. The van der Waals surface area contributed by atoms with Crippen molar-refractivity contribution < 1.29 is 0 Å². The fourth-order valence-corrected chi connectivity index (χ4v) is 4.34. The maximum absolute atomic E-state index is 3.73. The summed E-state index contributed by atoms with van der Waals surface area (Å²) in [5.74, 6) is 0.909. The summed E-state index contributed by atoms with van der Waals surface area (Å²) >= 11 is 7.21. The summed E-state index contributed by atoms with van der Waals surface area (Å²) in [4.78, 5) is 0. The van der Waals surface area contributed by atoms with Crippen molar-refractivity contribution in [1.29, 1.82) is 0 Å². The van der Waals surface area contributed by atoms with Crippen LogP contribution in [0.4, 0.5) is 0 Å². The van der Waals surface area contributed by atoms with Gasteiger partial charge in [-0.05, 0) is 49.1 Å². The van der Waals surface area contributed by atoms with Crippen LogP contribution in [0.2, 0.25) is 0 Å². The zero-order valence-electron chi connectivity index (χ0n) is 11.6. The molecular formula is C16H23Br2N. The van der Waals surface area contributed by atoms with Gasteiger partial charge >= 0.3 is 0 Å².